The summed E-state index contributed by atoms with van der Waals surface area (Å²) in [5, 5.41) is 11.7. The summed E-state index contributed by atoms with van der Waals surface area (Å²) >= 11 is 1.71. The van der Waals surface area contributed by atoms with Gasteiger partial charge in [0.05, 0.1) is 11.3 Å². The van der Waals surface area contributed by atoms with Gasteiger partial charge < -0.3 is 10.4 Å². The topological polar surface area (TPSA) is 66.4 Å². The molecule has 1 amide bonds. The Morgan fingerprint density at radius 1 is 1.10 bits per heavy atom. The minimum Gasteiger partial charge on any atom is -0.478 e. The zero-order chi connectivity index (χ0) is 15.2. The van der Waals surface area contributed by atoms with E-state index in [1.807, 2.05) is 18.4 Å². The molecule has 2 aromatic carbocycles. The van der Waals surface area contributed by atoms with E-state index in [2.05, 4.69) is 5.32 Å². The second kappa shape index (κ2) is 6.95. The van der Waals surface area contributed by atoms with Crippen molar-refractivity contribution in [3.05, 3.63) is 65.2 Å². The highest BCUT2D eigenvalue weighted by molar-refractivity contribution is 7.97. The zero-order valence-corrected chi connectivity index (χ0v) is 12.3. The molecule has 2 N–H and O–H groups in total. The molecular formula is C16H15NO3S. The number of carbonyl (C=O) groups is 2. The lowest BCUT2D eigenvalue weighted by Gasteiger charge is -2.08. The molecule has 2 rings (SSSR count). The van der Waals surface area contributed by atoms with Gasteiger partial charge in [0, 0.05) is 11.3 Å². The van der Waals surface area contributed by atoms with Crippen molar-refractivity contribution in [2.75, 3.05) is 11.6 Å². The van der Waals surface area contributed by atoms with Gasteiger partial charge in [0.2, 0.25) is 0 Å². The van der Waals surface area contributed by atoms with Gasteiger partial charge >= 0.3 is 5.97 Å². The lowest BCUT2D eigenvalue weighted by atomic mass is 10.1. The van der Waals surface area contributed by atoms with E-state index in [1.165, 1.54) is 6.07 Å². The maximum Gasteiger partial charge on any atom is 0.337 e. The molecule has 0 unspecified atom stereocenters. The molecule has 0 aliphatic heterocycles. The Morgan fingerprint density at radius 3 is 2.38 bits per heavy atom. The number of para-hydroxylation sites is 1. The summed E-state index contributed by atoms with van der Waals surface area (Å²) in [5.41, 5.74) is 2.01. The van der Waals surface area contributed by atoms with Crippen molar-refractivity contribution in [1.29, 1.82) is 0 Å². The van der Waals surface area contributed by atoms with Crippen LogP contribution in [0.2, 0.25) is 0 Å². The van der Waals surface area contributed by atoms with E-state index in [0.717, 1.165) is 11.3 Å². The standard InChI is InChI=1S/C16H15NO3S/c1-21-10-11-6-8-12(9-7-11)15(18)17-14-5-3-2-4-13(14)16(19)20/h2-9H,10H2,1H3,(H,17,18)(H,19,20). The molecule has 0 aliphatic carbocycles. The highest BCUT2D eigenvalue weighted by atomic mass is 32.2. The van der Waals surface area contributed by atoms with E-state index < -0.39 is 5.97 Å². The minimum atomic E-state index is -1.07. The van der Waals surface area contributed by atoms with Crippen LogP contribution < -0.4 is 5.32 Å². The fourth-order valence-corrected chi connectivity index (χ4v) is 2.42. The van der Waals surface area contributed by atoms with Crippen LogP contribution in [0.5, 0.6) is 0 Å². The number of anilines is 1. The molecule has 0 aromatic heterocycles. The second-order valence-corrected chi connectivity index (χ2v) is 5.30. The molecule has 0 radical (unpaired) electrons. The molecule has 0 saturated heterocycles. The molecule has 0 heterocycles. The van der Waals surface area contributed by atoms with Crippen molar-refractivity contribution in [2.45, 2.75) is 5.75 Å². The SMILES string of the molecule is CSCc1ccc(C(=O)Nc2ccccc2C(=O)O)cc1. The first-order chi connectivity index (χ1) is 10.1. The Bertz CT molecular complexity index is 653. The molecule has 2 aromatic rings. The van der Waals surface area contributed by atoms with Crippen LogP contribution in [0, 0.1) is 0 Å². The predicted molar refractivity (Wildman–Crippen MR) is 85.0 cm³/mol. The van der Waals surface area contributed by atoms with Gasteiger partial charge in [-0.05, 0) is 36.1 Å². The van der Waals surface area contributed by atoms with Crippen molar-refractivity contribution >= 4 is 29.3 Å². The molecule has 5 heteroatoms. The minimum absolute atomic E-state index is 0.0739. The normalized spacial score (nSPS) is 10.1. The number of carbonyl (C=O) groups excluding carboxylic acids is 1. The first-order valence-corrected chi connectivity index (χ1v) is 7.72. The lowest BCUT2D eigenvalue weighted by molar-refractivity contribution is 0.0698. The third kappa shape index (κ3) is 3.86. The number of aromatic carboxylic acids is 1. The van der Waals surface area contributed by atoms with Gasteiger partial charge in [-0.15, -0.1) is 0 Å². The van der Waals surface area contributed by atoms with E-state index in [0.29, 0.717) is 11.3 Å². The maximum absolute atomic E-state index is 12.1. The number of hydrogen-bond donors (Lipinski definition) is 2. The molecule has 0 saturated carbocycles. The van der Waals surface area contributed by atoms with Crippen molar-refractivity contribution in [2.24, 2.45) is 0 Å². The van der Waals surface area contributed by atoms with Crippen molar-refractivity contribution in [3.63, 3.8) is 0 Å². The number of nitrogens with one attached hydrogen (secondary N) is 1. The van der Waals surface area contributed by atoms with Crippen LogP contribution in [0.1, 0.15) is 26.3 Å². The van der Waals surface area contributed by atoms with Crippen LogP contribution in [0.4, 0.5) is 5.69 Å². The molecule has 108 valence electrons. The summed E-state index contributed by atoms with van der Waals surface area (Å²) < 4.78 is 0. The highest BCUT2D eigenvalue weighted by Gasteiger charge is 2.12. The molecule has 21 heavy (non-hydrogen) atoms. The molecule has 4 nitrogen and oxygen atoms in total. The van der Waals surface area contributed by atoms with Crippen LogP contribution in [0.25, 0.3) is 0 Å². The second-order valence-electron chi connectivity index (χ2n) is 4.43. The molecule has 0 fully saturated rings. The van der Waals surface area contributed by atoms with Crippen molar-refractivity contribution in [1.82, 2.24) is 0 Å². The van der Waals surface area contributed by atoms with Gasteiger partial charge in [-0.3, -0.25) is 4.79 Å². The quantitative estimate of drug-likeness (QED) is 0.887. The van der Waals surface area contributed by atoms with Crippen molar-refractivity contribution < 1.29 is 14.7 Å². The lowest BCUT2D eigenvalue weighted by Crippen LogP contribution is -2.14. The Hall–Kier alpha value is -2.27. The van der Waals surface area contributed by atoms with Gasteiger partial charge in [-0.1, -0.05) is 24.3 Å². The summed E-state index contributed by atoms with van der Waals surface area (Å²) in [6.45, 7) is 0. The molecule has 0 bridgehead atoms. The maximum atomic E-state index is 12.1. The molecule has 0 aliphatic rings. The van der Waals surface area contributed by atoms with Gasteiger partial charge in [0.1, 0.15) is 0 Å². The van der Waals surface area contributed by atoms with Crippen molar-refractivity contribution in [3.8, 4) is 0 Å². The summed E-state index contributed by atoms with van der Waals surface area (Å²) in [6, 6.07) is 13.6. The third-order valence-electron chi connectivity index (χ3n) is 2.93. The third-order valence-corrected chi connectivity index (χ3v) is 3.55. The summed E-state index contributed by atoms with van der Waals surface area (Å²) in [6.07, 6.45) is 2.02. The summed E-state index contributed by atoms with van der Waals surface area (Å²) in [7, 11) is 0. The number of hydrogen-bond acceptors (Lipinski definition) is 3. The Balaban J connectivity index is 2.16. The number of carboxylic acid groups (broad SMARTS) is 1. The van der Waals surface area contributed by atoms with E-state index in [4.69, 9.17) is 5.11 Å². The van der Waals surface area contributed by atoms with Gasteiger partial charge in [0.25, 0.3) is 5.91 Å². The average molecular weight is 301 g/mol. The van der Waals surface area contributed by atoms with Gasteiger partial charge in [-0.25, -0.2) is 4.79 Å². The number of thioether (sulfide) groups is 1. The van der Waals surface area contributed by atoms with Crippen LogP contribution in [-0.4, -0.2) is 23.2 Å². The van der Waals surface area contributed by atoms with E-state index in [-0.39, 0.29) is 11.5 Å². The average Bonchev–Trinajstić information content (AvgIpc) is 2.48. The zero-order valence-electron chi connectivity index (χ0n) is 11.5. The Kier molecular flexibility index (Phi) is 5.00. The Morgan fingerprint density at radius 2 is 1.76 bits per heavy atom. The number of benzene rings is 2. The summed E-state index contributed by atoms with van der Waals surface area (Å²) in [5.74, 6) is -0.496. The summed E-state index contributed by atoms with van der Waals surface area (Å²) in [4.78, 5) is 23.3. The number of amides is 1. The van der Waals surface area contributed by atoms with Crippen LogP contribution in [0.3, 0.4) is 0 Å². The first-order valence-electron chi connectivity index (χ1n) is 6.33. The van der Waals surface area contributed by atoms with Crippen LogP contribution in [-0.2, 0) is 5.75 Å². The molecular weight excluding hydrogens is 286 g/mol. The van der Waals surface area contributed by atoms with E-state index >= 15 is 0 Å². The molecule has 0 spiro atoms. The highest BCUT2D eigenvalue weighted by Crippen LogP contribution is 2.17. The number of carboxylic acids is 1. The van der Waals surface area contributed by atoms with Crippen LogP contribution >= 0.6 is 11.8 Å². The van der Waals surface area contributed by atoms with Gasteiger partial charge in [0.15, 0.2) is 0 Å². The first kappa shape index (κ1) is 15.1. The predicted octanol–water partition coefficient (Wildman–Crippen LogP) is 3.50. The smallest absolute Gasteiger partial charge is 0.337 e. The van der Waals surface area contributed by atoms with Gasteiger partial charge in [-0.2, -0.15) is 11.8 Å². The largest absolute Gasteiger partial charge is 0.478 e. The van der Waals surface area contributed by atoms with Crippen LogP contribution in [0.15, 0.2) is 48.5 Å². The fraction of sp³-hybridized carbons (Fsp3) is 0.125. The fourth-order valence-electron chi connectivity index (χ4n) is 1.89. The number of rotatable bonds is 5. The molecule has 0 atom stereocenters. The Labute approximate surface area is 127 Å². The van der Waals surface area contributed by atoms with E-state index in [9.17, 15) is 9.59 Å². The monoisotopic (exact) mass is 301 g/mol. The van der Waals surface area contributed by atoms with E-state index in [1.54, 1.807) is 42.1 Å².